The third-order valence-electron chi connectivity index (χ3n) is 2.86. The molecule has 0 saturated heterocycles. The quantitative estimate of drug-likeness (QED) is 0.822. The first-order valence-corrected chi connectivity index (χ1v) is 7.34. The van der Waals surface area contributed by atoms with Crippen molar-refractivity contribution in [3.8, 4) is 5.75 Å². The Balaban J connectivity index is 2.06. The minimum atomic E-state index is 0.672. The van der Waals surface area contributed by atoms with Crippen LogP contribution < -0.4 is 10.5 Å². The Labute approximate surface area is 118 Å². The Morgan fingerprint density at radius 2 is 2.11 bits per heavy atom. The van der Waals surface area contributed by atoms with Crippen LogP contribution in [0.25, 0.3) is 0 Å². The number of nitrogens with zero attached hydrogens (tertiary/aromatic N) is 1. The second kappa shape index (κ2) is 6.59. The minimum Gasteiger partial charge on any atom is -0.494 e. The molecule has 1 aromatic heterocycles. The van der Waals surface area contributed by atoms with Crippen LogP contribution >= 0.6 is 11.3 Å². The minimum absolute atomic E-state index is 0.672. The first kappa shape index (κ1) is 13.9. The molecule has 0 bridgehead atoms. The number of ether oxygens (including phenoxy) is 1. The lowest BCUT2D eigenvalue weighted by Gasteiger charge is -2.18. The number of anilines is 1. The van der Waals surface area contributed by atoms with E-state index in [0.29, 0.717) is 6.61 Å². The number of rotatable bonds is 6. The molecule has 102 valence electrons. The summed E-state index contributed by atoms with van der Waals surface area (Å²) >= 11 is 1.73. The maximum atomic E-state index is 5.86. The monoisotopic (exact) mass is 276 g/mol. The van der Waals surface area contributed by atoms with Gasteiger partial charge >= 0.3 is 0 Å². The van der Waals surface area contributed by atoms with Crippen LogP contribution in [-0.2, 0) is 13.1 Å². The van der Waals surface area contributed by atoms with Gasteiger partial charge in [-0.25, -0.2) is 0 Å². The highest BCUT2D eigenvalue weighted by Crippen LogP contribution is 2.23. The van der Waals surface area contributed by atoms with E-state index >= 15 is 0 Å². The molecule has 0 fully saturated rings. The molecular formula is C15H20N2OS. The van der Waals surface area contributed by atoms with Gasteiger partial charge in [0.1, 0.15) is 5.75 Å². The summed E-state index contributed by atoms with van der Waals surface area (Å²) in [6, 6.07) is 7.99. The van der Waals surface area contributed by atoms with Gasteiger partial charge in [0, 0.05) is 24.3 Å². The smallest absolute Gasteiger partial charge is 0.123 e. The van der Waals surface area contributed by atoms with Crippen LogP contribution in [0.4, 0.5) is 5.69 Å². The second-order valence-electron chi connectivity index (χ2n) is 4.60. The molecule has 2 rings (SSSR count). The van der Waals surface area contributed by atoms with Gasteiger partial charge in [0.25, 0.3) is 0 Å². The molecular weight excluding hydrogens is 256 g/mol. The molecule has 0 amide bonds. The number of hydrogen-bond acceptors (Lipinski definition) is 4. The standard InChI is InChI=1S/C15H20N2OS/c1-3-18-15-5-4-14(16)8-13(15)10-17(2)9-12-6-7-19-11-12/h4-8,11H,3,9-10,16H2,1-2H3. The summed E-state index contributed by atoms with van der Waals surface area (Å²) in [5.74, 6) is 0.925. The van der Waals surface area contributed by atoms with Crippen LogP contribution in [0.2, 0.25) is 0 Å². The summed E-state index contributed by atoms with van der Waals surface area (Å²) in [5.41, 5.74) is 9.12. The van der Waals surface area contributed by atoms with E-state index in [1.165, 1.54) is 5.56 Å². The fourth-order valence-corrected chi connectivity index (χ4v) is 2.72. The van der Waals surface area contributed by atoms with Crippen molar-refractivity contribution < 1.29 is 4.74 Å². The van der Waals surface area contributed by atoms with Crippen LogP contribution in [0, 0.1) is 0 Å². The van der Waals surface area contributed by atoms with Crippen molar-refractivity contribution in [1.29, 1.82) is 0 Å². The van der Waals surface area contributed by atoms with Crippen molar-refractivity contribution in [2.75, 3.05) is 19.4 Å². The van der Waals surface area contributed by atoms with Crippen molar-refractivity contribution in [2.45, 2.75) is 20.0 Å². The third-order valence-corrected chi connectivity index (χ3v) is 3.59. The molecule has 2 N–H and O–H groups in total. The largest absolute Gasteiger partial charge is 0.494 e. The van der Waals surface area contributed by atoms with Crippen molar-refractivity contribution in [1.82, 2.24) is 4.90 Å². The summed E-state index contributed by atoms with van der Waals surface area (Å²) in [4.78, 5) is 2.26. The highest BCUT2D eigenvalue weighted by molar-refractivity contribution is 7.07. The van der Waals surface area contributed by atoms with Gasteiger partial charge in [0.15, 0.2) is 0 Å². The molecule has 0 atom stereocenters. The molecule has 1 aromatic carbocycles. The summed E-state index contributed by atoms with van der Waals surface area (Å²) in [7, 11) is 2.11. The molecule has 0 saturated carbocycles. The molecule has 0 unspecified atom stereocenters. The number of nitrogen functional groups attached to an aromatic ring is 1. The first-order valence-electron chi connectivity index (χ1n) is 6.40. The van der Waals surface area contributed by atoms with Crippen LogP contribution in [-0.4, -0.2) is 18.6 Å². The zero-order chi connectivity index (χ0) is 13.7. The molecule has 0 spiro atoms. The predicted molar refractivity (Wildman–Crippen MR) is 81.5 cm³/mol. The van der Waals surface area contributed by atoms with E-state index in [-0.39, 0.29) is 0 Å². The highest BCUT2D eigenvalue weighted by Gasteiger charge is 2.08. The molecule has 19 heavy (non-hydrogen) atoms. The number of hydrogen-bond donors (Lipinski definition) is 1. The Morgan fingerprint density at radius 3 is 2.79 bits per heavy atom. The second-order valence-corrected chi connectivity index (χ2v) is 5.38. The van der Waals surface area contributed by atoms with Crippen molar-refractivity contribution >= 4 is 17.0 Å². The zero-order valence-corrected chi connectivity index (χ0v) is 12.2. The number of nitrogens with two attached hydrogens (primary N) is 1. The van der Waals surface area contributed by atoms with Crippen molar-refractivity contribution in [2.24, 2.45) is 0 Å². The lowest BCUT2D eigenvalue weighted by molar-refractivity contribution is 0.298. The molecule has 1 heterocycles. The SMILES string of the molecule is CCOc1ccc(N)cc1CN(C)Cc1ccsc1. The first-order chi connectivity index (χ1) is 9.19. The predicted octanol–water partition coefficient (Wildman–Crippen LogP) is 3.36. The average molecular weight is 276 g/mol. The summed E-state index contributed by atoms with van der Waals surface area (Å²) in [6.45, 7) is 4.43. The van der Waals surface area contributed by atoms with Crippen LogP contribution in [0.15, 0.2) is 35.0 Å². The zero-order valence-electron chi connectivity index (χ0n) is 11.4. The van der Waals surface area contributed by atoms with Gasteiger partial charge in [-0.2, -0.15) is 11.3 Å². The summed E-state index contributed by atoms with van der Waals surface area (Å²) in [6.07, 6.45) is 0. The van der Waals surface area contributed by atoms with Crippen LogP contribution in [0.3, 0.4) is 0 Å². The van der Waals surface area contributed by atoms with Crippen LogP contribution in [0.1, 0.15) is 18.1 Å². The Morgan fingerprint density at radius 1 is 1.26 bits per heavy atom. The molecule has 0 aliphatic carbocycles. The van der Waals surface area contributed by atoms with Gasteiger partial charge in [0.2, 0.25) is 0 Å². The van der Waals surface area contributed by atoms with E-state index in [4.69, 9.17) is 10.5 Å². The Kier molecular flexibility index (Phi) is 4.82. The van der Waals surface area contributed by atoms with Gasteiger partial charge in [0.05, 0.1) is 6.61 Å². The normalized spacial score (nSPS) is 10.9. The lowest BCUT2D eigenvalue weighted by Crippen LogP contribution is -2.17. The van der Waals surface area contributed by atoms with Gasteiger partial charge in [-0.05, 0) is 54.6 Å². The fourth-order valence-electron chi connectivity index (χ4n) is 2.06. The van der Waals surface area contributed by atoms with E-state index in [2.05, 4.69) is 28.8 Å². The molecule has 2 aromatic rings. The van der Waals surface area contributed by atoms with Gasteiger partial charge in [-0.1, -0.05) is 0 Å². The van der Waals surface area contributed by atoms with Crippen molar-refractivity contribution in [3.63, 3.8) is 0 Å². The lowest BCUT2D eigenvalue weighted by atomic mass is 10.1. The fraction of sp³-hybridized carbons (Fsp3) is 0.333. The average Bonchev–Trinajstić information content (AvgIpc) is 2.85. The maximum absolute atomic E-state index is 5.86. The molecule has 4 heteroatoms. The maximum Gasteiger partial charge on any atom is 0.123 e. The Hall–Kier alpha value is -1.52. The van der Waals surface area contributed by atoms with E-state index in [0.717, 1.165) is 30.1 Å². The van der Waals surface area contributed by atoms with Gasteiger partial charge < -0.3 is 10.5 Å². The third kappa shape index (κ3) is 3.98. The molecule has 3 nitrogen and oxygen atoms in total. The van der Waals surface area contributed by atoms with E-state index < -0.39 is 0 Å². The van der Waals surface area contributed by atoms with E-state index in [9.17, 15) is 0 Å². The van der Waals surface area contributed by atoms with Crippen LogP contribution in [0.5, 0.6) is 5.75 Å². The highest BCUT2D eigenvalue weighted by atomic mass is 32.1. The topological polar surface area (TPSA) is 38.5 Å². The summed E-state index contributed by atoms with van der Waals surface area (Å²) < 4.78 is 5.65. The van der Waals surface area contributed by atoms with Crippen molar-refractivity contribution in [3.05, 3.63) is 46.2 Å². The van der Waals surface area contributed by atoms with Gasteiger partial charge in [-0.3, -0.25) is 4.90 Å². The van der Waals surface area contributed by atoms with E-state index in [1.807, 2.05) is 25.1 Å². The molecule has 0 aliphatic heterocycles. The molecule has 0 aliphatic rings. The number of benzene rings is 1. The number of thiophene rings is 1. The molecule has 0 radical (unpaired) electrons. The summed E-state index contributed by atoms with van der Waals surface area (Å²) in [5, 5.41) is 4.29. The van der Waals surface area contributed by atoms with E-state index in [1.54, 1.807) is 11.3 Å². The van der Waals surface area contributed by atoms with Gasteiger partial charge in [-0.15, -0.1) is 0 Å². The Bertz CT molecular complexity index is 511.